The van der Waals surface area contributed by atoms with Crippen LogP contribution in [0.2, 0.25) is 0 Å². The molecule has 4 aromatic rings. The fourth-order valence-corrected chi connectivity index (χ4v) is 6.06. The van der Waals surface area contributed by atoms with E-state index in [-0.39, 0.29) is 16.2 Å². The minimum Gasteiger partial charge on any atom is -0.495 e. The summed E-state index contributed by atoms with van der Waals surface area (Å²) < 4.78 is 32.7. The van der Waals surface area contributed by atoms with E-state index >= 15 is 0 Å². The van der Waals surface area contributed by atoms with Crippen LogP contribution in [-0.2, 0) is 10.0 Å². The van der Waals surface area contributed by atoms with Crippen molar-refractivity contribution in [2.24, 2.45) is 0 Å². The van der Waals surface area contributed by atoms with Gasteiger partial charge in [-0.1, -0.05) is 50.2 Å². The van der Waals surface area contributed by atoms with E-state index in [0.717, 1.165) is 22.0 Å². The van der Waals surface area contributed by atoms with Gasteiger partial charge in [0.25, 0.3) is 5.91 Å². The summed E-state index contributed by atoms with van der Waals surface area (Å²) >= 11 is 1.31. The molecule has 0 fully saturated rings. The third-order valence-corrected chi connectivity index (χ3v) is 8.35. The molecule has 1 aromatic heterocycles. The first-order valence-electron chi connectivity index (χ1n) is 10.8. The number of carbonyl (C=O) groups excluding carboxylic acids is 1. The van der Waals surface area contributed by atoms with Gasteiger partial charge in [0.1, 0.15) is 10.6 Å². The maximum Gasteiger partial charge on any atom is 0.257 e. The van der Waals surface area contributed by atoms with Crippen molar-refractivity contribution >= 4 is 43.2 Å². The number of ether oxygens (including phenoxy) is 1. The van der Waals surface area contributed by atoms with Crippen molar-refractivity contribution in [2.45, 2.75) is 18.7 Å². The summed E-state index contributed by atoms with van der Waals surface area (Å²) in [5.41, 5.74) is 1.91. The molecule has 0 aliphatic heterocycles. The highest BCUT2D eigenvalue weighted by atomic mass is 32.2. The fraction of sp³-hybridized carbons (Fsp3) is 0.200. The van der Waals surface area contributed by atoms with Crippen LogP contribution < -0.4 is 10.1 Å². The zero-order valence-corrected chi connectivity index (χ0v) is 20.7. The van der Waals surface area contributed by atoms with Crippen LogP contribution in [0.3, 0.4) is 0 Å². The normalized spacial score (nSPS) is 11.6. The first-order valence-corrected chi connectivity index (χ1v) is 13.1. The quantitative estimate of drug-likeness (QED) is 0.360. The number of sulfonamides is 1. The molecule has 1 amide bonds. The Morgan fingerprint density at radius 2 is 1.76 bits per heavy atom. The second kappa shape index (κ2) is 9.92. The molecule has 9 heteroatoms. The van der Waals surface area contributed by atoms with E-state index < -0.39 is 15.9 Å². The first kappa shape index (κ1) is 23.9. The molecule has 0 radical (unpaired) electrons. The summed E-state index contributed by atoms with van der Waals surface area (Å²) in [6, 6.07) is 18.5. The number of methoxy groups -OCH3 is 1. The van der Waals surface area contributed by atoms with Crippen LogP contribution in [-0.4, -0.2) is 43.8 Å². The van der Waals surface area contributed by atoms with Crippen molar-refractivity contribution in [3.63, 3.8) is 0 Å². The van der Waals surface area contributed by atoms with E-state index in [1.54, 1.807) is 13.8 Å². The van der Waals surface area contributed by atoms with E-state index in [1.807, 2.05) is 35.7 Å². The SMILES string of the molecule is CCN(CC)S(=O)(=O)c1cc(C(=O)Nc2nc(-c3ccc4ccccc4c3)cs2)ccc1OC. The highest BCUT2D eigenvalue weighted by Gasteiger charge is 2.27. The smallest absolute Gasteiger partial charge is 0.257 e. The van der Waals surface area contributed by atoms with Gasteiger partial charge in [0.2, 0.25) is 10.0 Å². The van der Waals surface area contributed by atoms with Gasteiger partial charge in [-0.2, -0.15) is 4.31 Å². The number of benzene rings is 3. The predicted molar refractivity (Wildman–Crippen MR) is 136 cm³/mol. The maximum absolute atomic E-state index is 13.1. The lowest BCUT2D eigenvalue weighted by Crippen LogP contribution is -2.31. The molecular weight excluding hydrogens is 470 g/mol. The summed E-state index contributed by atoms with van der Waals surface area (Å²) in [5, 5.41) is 7.34. The summed E-state index contributed by atoms with van der Waals surface area (Å²) in [4.78, 5) is 17.4. The summed E-state index contributed by atoms with van der Waals surface area (Å²) in [7, 11) is -2.40. The highest BCUT2D eigenvalue weighted by molar-refractivity contribution is 7.89. The molecule has 1 N–H and O–H groups in total. The number of amides is 1. The average Bonchev–Trinajstić information content (AvgIpc) is 3.32. The molecule has 1 heterocycles. The van der Waals surface area contributed by atoms with Crippen molar-refractivity contribution in [3.8, 4) is 17.0 Å². The maximum atomic E-state index is 13.1. The van der Waals surface area contributed by atoms with Crippen LogP contribution in [0.4, 0.5) is 5.13 Å². The largest absolute Gasteiger partial charge is 0.495 e. The van der Waals surface area contributed by atoms with E-state index in [4.69, 9.17) is 4.74 Å². The lowest BCUT2D eigenvalue weighted by Gasteiger charge is -2.20. The molecule has 0 saturated carbocycles. The summed E-state index contributed by atoms with van der Waals surface area (Å²) in [6.07, 6.45) is 0. The third kappa shape index (κ3) is 4.68. The molecule has 0 aliphatic carbocycles. The molecule has 34 heavy (non-hydrogen) atoms. The Hall–Kier alpha value is -3.27. The molecule has 0 atom stereocenters. The number of rotatable bonds is 8. The minimum absolute atomic E-state index is 0.0395. The zero-order chi connectivity index (χ0) is 24.3. The van der Waals surface area contributed by atoms with Crippen LogP contribution in [0.5, 0.6) is 5.75 Å². The molecule has 0 bridgehead atoms. The van der Waals surface area contributed by atoms with Gasteiger partial charge in [-0.25, -0.2) is 13.4 Å². The Labute approximate surface area is 203 Å². The molecule has 176 valence electrons. The molecule has 0 unspecified atom stereocenters. The van der Waals surface area contributed by atoms with Gasteiger partial charge >= 0.3 is 0 Å². The summed E-state index contributed by atoms with van der Waals surface area (Å²) in [6.45, 7) is 4.16. The second-order valence-corrected chi connectivity index (χ2v) is 10.3. The second-order valence-electron chi connectivity index (χ2n) is 7.51. The van der Waals surface area contributed by atoms with Gasteiger partial charge in [-0.15, -0.1) is 11.3 Å². The Bertz CT molecular complexity index is 1440. The lowest BCUT2D eigenvalue weighted by atomic mass is 10.1. The molecule has 0 saturated heterocycles. The Balaban J connectivity index is 1.59. The van der Waals surface area contributed by atoms with Crippen LogP contribution in [0.15, 0.2) is 70.9 Å². The number of hydrogen-bond donors (Lipinski definition) is 1. The highest BCUT2D eigenvalue weighted by Crippen LogP contribution is 2.30. The summed E-state index contributed by atoms with van der Waals surface area (Å²) in [5.74, 6) is -0.255. The van der Waals surface area contributed by atoms with Crippen LogP contribution >= 0.6 is 11.3 Å². The van der Waals surface area contributed by atoms with Gasteiger partial charge in [-0.3, -0.25) is 10.1 Å². The average molecular weight is 496 g/mol. The number of anilines is 1. The molecule has 3 aromatic carbocycles. The minimum atomic E-state index is -3.81. The van der Waals surface area contributed by atoms with Crippen molar-refractivity contribution in [3.05, 3.63) is 71.6 Å². The number of nitrogens with one attached hydrogen (secondary N) is 1. The van der Waals surface area contributed by atoms with Crippen molar-refractivity contribution in [2.75, 3.05) is 25.5 Å². The van der Waals surface area contributed by atoms with Crippen LogP contribution in [0, 0.1) is 0 Å². The fourth-order valence-electron chi connectivity index (χ4n) is 3.70. The monoisotopic (exact) mass is 495 g/mol. The van der Waals surface area contributed by atoms with E-state index in [9.17, 15) is 13.2 Å². The van der Waals surface area contributed by atoms with Gasteiger partial charge in [0.15, 0.2) is 5.13 Å². The van der Waals surface area contributed by atoms with Gasteiger partial charge in [0.05, 0.1) is 12.8 Å². The number of thiazole rings is 1. The standard InChI is InChI=1S/C25H25N3O4S2/c1-4-28(5-2)34(30,31)23-15-20(12-13-22(23)32-3)24(29)27-25-26-21(16-33-25)19-11-10-17-8-6-7-9-18(17)14-19/h6-16H,4-5H2,1-3H3,(H,26,27,29). The molecule has 0 aliphatic rings. The topological polar surface area (TPSA) is 88.6 Å². The Kier molecular flexibility index (Phi) is 6.97. The number of nitrogens with zero attached hydrogens (tertiary/aromatic N) is 2. The van der Waals surface area contributed by atoms with E-state index in [0.29, 0.717) is 18.2 Å². The van der Waals surface area contributed by atoms with E-state index in [2.05, 4.69) is 22.4 Å². The predicted octanol–water partition coefficient (Wildman–Crippen LogP) is 5.25. The zero-order valence-electron chi connectivity index (χ0n) is 19.1. The number of carbonyl (C=O) groups is 1. The molecular formula is C25H25N3O4S2. The molecule has 0 spiro atoms. The number of aromatic nitrogens is 1. The van der Waals surface area contributed by atoms with Gasteiger partial charge < -0.3 is 4.74 Å². The van der Waals surface area contributed by atoms with Crippen molar-refractivity contribution in [1.29, 1.82) is 0 Å². The first-order chi connectivity index (χ1) is 16.4. The van der Waals surface area contributed by atoms with Crippen molar-refractivity contribution in [1.82, 2.24) is 9.29 Å². The van der Waals surface area contributed by atoms with Crippen LogP contribution in [0.1, 0.15) is 24.2 Å². The molecule has 7 nitrogen and oxygen atoms in total. The number of fused-ring (bicyclic) bond motifs is 1. The van der Waals surface area contributed by atoms with Crippen LogP contribution in [0.25, 0.3) is 22.0 Å². The van der Waals surface area contributed by atoms with Crippen molar-refractivity contribution < 1.29 is 17.9 Å². The lowest BCUT2D eigenvalue weighted by molar-refractivity contribution is 0.102. The third-order valence-electron chi connectivity index (χ3n) is 5.52. The van der Waals surface area contributed by atoms with Gasteiger partial charge in [-0.05, 0) is 35.0 Å². The van der Waals surface area contributed by atoms with Gasteiger partial charge in [0, 0.05) is 29.6 Å². The molecule has 4 rings (SSSR count). The Morgan fingerprint density at radius 1 is 1.03 bits per heavy atom. The number of hydrogen-bond acceptors (Lipinski definition) is 6. The Morgan fingerprint density at radius 3 is 2.47 bits per heavy atom. The van der Waals surface area contributed by atoms with E-state index in [1.165, 1.54) is 41.0 Å².